The summed E-state index contributed by atoms with van der Waals surface area (Å²) in [4.78, 5) is 39.8. The van der Waals surface area contributed by atoms with Crippen LogP contribution in [0.1, 0.15) is 202 Å². The van der Waals surface area contributed by atoms with Gasteiger partial charge in [0.15, 0.2) is 0 Å². The van der Waals surface area contributed by atoms with Crippen LogP contribution in [0.4, 0.5) is 0 Å². The van der Waals surface area contributed by atoms with E-state index in [1.165, 1.54) is 77.0 Å². The van der Waals surface area contributed by atoms with Crippen molar-refractivity contribution in [3.8, 4) is 0 Å². The van der Waals surface area contributed by atoms with Crippen molar-refractivity contribution in [3.63, 3.8) is 0 Å². The van der Waals surface area contributed by atoms with Crippen LogP contribution in [0.5, 0.6) is 0 Å². The van der Waals surface area contributed by atoms with Crippen LogP contribution in [0.25, 0.3) is 0 Å². The van der Waals surface area contributed by atoms with Crippen molar-refractivity contribution in [2.75, 3.05) is 33.9 Å². The van der Waals surface area contributed by atoms with Gasteiger partial charge in [-0.2, -0.15) is 0 Å². The van der Waals surface area contributed by atoms with E-state index < -0.39 is 0 Å². The van der Waals surface area contributed by atoms with E-state index >= 15 is 0 Å². The van der Waals surface area contributed by atoms with Crippen molar-refractivity contribution in [1.82, 2.24) is 4.90 Å². The zero-order valence-corrected chi connectivity index (χ0v) is 35.9. The van der Waals surface area contributed by atoms with Gasteiger partial charge in [0.1, 0.15) is 19.3 Å². The SMILES string of the molecule is CCCCCCCC/C=C\COC(=O)CCCCCC(CCCCCC(=O)OC/C=C\CCCCCCCC)OC(=O)CC(C)(C)CC(C)CN(C)C. The van der Waals surface area contributed by atoms with Crippen molar-refractivity contribution < 1.29 is 28.6 Å². The summed E-state index contributed by atoms with van der Waals surface area (Å²) in [5.74, 6) is 0.0683. The van der Waals surface area contributed by atoms with Gasteiger partial charge in [-0.25, -0.2) is 0 Å². The predicted molar refractivity (Wildman–Crippen MR) is 223 cm³/mol. The number of carbonyl (C=O) groups is 3. The topological polar surface area (TPSA) is 82.1 Å². The summed E-state index contributed by atoms with van der Waals surface area (Å²) in [6.07, 6.45) is 34.4. The van der Waals surface area contributed by atoms with Gasteiger partial charge in [0.25, 0.3) is 0 Å². The van der Waals surface area contributed by atoms with E-state index in [9.17, 15) is 14.4 Å². The van der Waals surface area contributed by atoms with Crippen LogP contribution < -0.4 is 0 Å². The molecule has 53 heavy (non-hydrogen) atoms. The second-order valence-electron chi connectivity index (χ2n) is 16.6. The first-order valence-corrected chi connectivity index (χ1v) is 21.9. The first-order chi connectivity index (χ1) is 25.5. The third-order valence-electron chi connectivity index (χ3n) is 9.78. The molecule has 0 spiro atoms. The quantitative estimate of drug-likeness (QED) is 0.0271. The second-order valence-corrected chi connectivity index (χ2v) is 16.6. The molecule has 0 aliphatic rings. The third kappa shape index (κ3) is 36.6. The monoisotopic (exact) mass is 748 g/mol. The van der Waals surface area contributed by atoms with Crippen LogP contribution >= 0.6 is 0 Å². The van der Waals surface area contributed by atoms with Gasteiger partial charge in [0.2, 0.25) is 0 Å². The lowest BCUT2D eigenvalue weighted by molar-refractivity contribution is -0.152. The molecule has 0 radical (unpaired) electrons. The number of esters is 3. The number of rotatable bonds is 37. The molecular weight excluding hydrogens is 663 g/mol. The molecule has 310 valence electrons. The minimum Gasteiger partial charge on any atom is -0.462 e. The summed E-state index contributed by atoms with van der Waals surface area (Å²) < 4.78 is 16.9. The Hall–Kier alpha value is -2.15. The average molecular weight is 748 g/mol. The van der Waals surface area contributed by atoms with Gasteiger partial charge in [-0.15, -0.1) is 0 Å². The Morgan fingerprint density at radius 2 is 1.02 bits per heavy atom. The van der Waals surface area contributed by atoms with Gasteiger partial charge in [-0.3, -0.25) is 14.4 Å². The Morgan fingerprint density at radius 3 is 1.47 bits per heavy atom. The molecule has 0 saturated heterocycles. The molecule has 0 aliphatic carbocycles. The highest BCUT2D eigenvalue weighted by molar-refractivity contribution is 5.70. The van der Waals surface area contributed by atoms with Crippen LogP contribution in [0, 0.1) is 11.3 Å². The van der Waals surface area contributed by atoms with Crippen molar-refractivity contribution in [2.45, 2.75) is 208 Å². The number of allylic oxidation sites excluding steroid dienone is 2. The molecule has 0 N–H and O–H groups in total. The van der Waals surface area contributed by atoms with Gasteiger partial charge < -0.3 is 19.1 Å². The molecule has 0 aromatic heterocycles. The Kier molecular flexibility index (Phi) is 34.1. The molecule has 1 unspecified atom stereocenters. The highest BCUT2D eigenvalue weighted by atomic mass is 16.5. The van der Waals surface area contributed by atoms with E-state index in [1.54, 1.807) is 0 Å². The van der Waals surface area contributed by atoms with E-state index in [0.717, 1.165) is 77.2 Å². The molecule has 1 atom stereocenters. The Bertz CT molecular complexity index is 890. The lowest BCUT2D eigenvalue weighted by Crippen LogP contribution is -2.28. The van der Waals surface area contributed by atoms with Gasteiger partial charge in [-0.1, -0.05) is 136 Å². The molecule has 0 aromatic rings. The largest absolute Gasteiger partial charge is 0.462 e. The molecule has 7 nitrogen and oxygen atoms in total. The maximum atomic E-state index is 13.1. The molecule has 0 fully saturated rings. The predicted octanol–water partition coefficient (Wildman–Crippen LogP) is 12.5. The Labute approximate surface area is 327 Å². The van der Waals surface area contributed by atoms with E-state index in [-0.39, 0.29) is 29.4 Å². The maximum Gasteiger partial charge on any atom is 0.306 e. The van der Waals surface area contributed by atoms with Crippen LogP contribution in [-0.4, -0.2) is 62.8 Å². The fourth-order valence-electron chi connectivity index (χ4n) is 7.10. The van der Waals surface area contributed by atoms with Crippen LogP contribution in [0.3, 0.4) is 0 Å². The normalized spacial score (nSPS) is 12.7. The Morgan fingerprint density at radius 1 is 0.585 bits per heavy atom. The highest BCUT2D eigenvalue weighted by Gasteiger charge is 2.27. The third-order valence-corrected chi connectivity index (χ3v) is 9.78. The minimum atomic E-state index is -0.148. The molecule has 0 aliphatic heterocycles. The summed E-state index contributed by atoms with van der Waals surface area (Å²) in [5.41, 5.74) is -0.134. The summed E-state index contributed by atoms with van der Waals surface area (Å²) >= 11 is 0. The standard InChI is InChI=1S/C46H85NO6/c1-8-10-12-14-16-18-20-22-30-36-51-43(48)34-28-24-26-32-42(53-45(50)39-46(4,5)38-41(3)40-47(6)7)33-27-25-29-35-44(49)52-37-31-23-21-19-17-15-13-11-9-2/h22-23,30-31,41-42H,8-21,24-29,32-40H2,1-7H3/b30-22-,31-23-. The molecule has 0 rings (SSSR count). The van der Waals surface area contributed by atoms with Gasteiger partial charge in [0, 0.05) is 19.4 Å². The number of hydrogen-bond acceptors (Lipinski definition) is 7. The van der Waals surface area contributed by atoms with Crippen LogP contribution in [0.2, 0.25) is 0 Å². The second kappa shape index (κ2) is 35.5. The van der Waals surface area contributed by atoms with Crippen molar-refractivity contribution >= 4 is 17.9 Å². The molecule has 0 saturated carbocycles. The average Bonchev–Trinajstić information content (AvgIpc) is 3.08. The maximum absolute atomic E-state index is 13.1. The first-order valence-electron chi connectivity index (χ1n) is 21.9. The minimum absolute atomic E-state index is 0.127. The molecule has 0 heterocycles. The Balaban J connectivity index is 4.54. The van der Waals surface area contributed by atoms with Gasteiger partial charge in [0.05, 0.1) is 6.42 Å². The molecular formula is C46H85NO6. The van der Waals surface area contributed by atoms with Crippen molar-refractivity contribution in [1.29, 1.82) is 0 Å². The van der Waals surface area contributed by atoms with Crippen molar-refractivity contribution in [2.24, 2.45) is 11.3 Å². The number of nitrogens with zero attached hydrogens (tertiary/aromatic N) is 1. The highest BCUT2D eigenvalue weighted by Crippen LogP contribution is 2.31. The van der Waals surface area contributed by atoms with E-state index in [2.05, 4.69) is 65.8 Å². The summed E-state index contributed by atoms with van der Waals surface area (Å²) in [5, 5.41) is 0. The first kappa shape index (κ1) is 50.9. The smallest absolute Gasteiger partial charge is 0.306 e. The lowest BCUT2D eigenvalue weighted by Gasteiger charge is -2.29. The molecule has 7 heteroatoms. The van der Waals surface area contributed by atoms with Crippen molar-refractivity contribution in [3.05, 3.63) is 24.3 Å². The lowest BCUT2D eigenvalue weighted by atomic mass is 9.80. The zero-order valence-electron chi connectivity index (χ0n) is 35.9. The molecule has 0 amide bonds. The fraction of sp³-hybridized carbons (Fsp3) is 0.848. The summed E-state index contributed by atoms with van der Waals surface area (Å²) in [6, 6.07) is 0. The van der Waals surface area contributed by atoms with Gasteiger partial charge >= 0.3 is 17.9 Å². The van der Waals surface area contributed by atoms with E-state index in [1.807, 2.05) is 12.2 Å². The number of unbranched alkanes of at least 4 members (excludes halogenated alkanes) is 16. The van der Waals surface area contributed by atoms with Crippen LogP contribution in [0.15, 0.2) is 24.3 Å². The molecule has 0 aromatic carbocycles. The summed E-state index contributed by atoms with van der Waals surface area (Å²) in [6.45, 7) is 12.7. The zero-order chi connectivity index (χ0) is 39.4. The number of hydrogen-bond donors (Lipinski definition) is 0. The van der Waals surface area contributed by atoms with Crippen LogP contribution in [-0.2, 0) is 28.6 Å². The summed E-state index contributed by atoms with van der Waals surface area (Å²) in [7, 11) is 4.17. The van der Waals surface area contributed by atoms with E-state index in [4.69, 9.17) is 14.2 Å². The number of carbonyl (C=O) groups excluding carboxylic acids is 3. The number of ether oxygens (including phenoxy) is 3. The molecule has 0 bridgehead atoms. The fourth-order valence-corrected chi connectivity index (χ4v) is 7.10. The van der Waals surface area contributed by atoms with E-state index in [0.29, 0.717) is 38.4 Å². The van der Waals surface area contributed by atoms with Gasteiger partial charge in [-0.05, 0) is 96.1 Å².